The molecular formula is C34H29N. The Morgan fingerprint density at radius 2 is 1.20 bits per heavy atom. The predicted molar refractivity (Wildman–Crippen MR) is 152 cm³/mol. The van der Waals surface area contributed by atoms with Crippen molar-refractivity contribution in [3.05, 3.63) is 132 Å². The maximum absolute atomic E-state index is 2.54. The van der Waals surface area contributed by atoms with E-state index in [-0.39, 0.29) is 0 Å². The normalized spacial score (nSPS) is 11.3. The highest BCUT2D eigenvalue weighted by molar-refractivity contribution is 6.20. The van der Waals surface area contributed by atoms with Crippen LogP contribution >= 0.6 is 0 Å². The van der Waals surface area contributed by atoms with Crippen molar-refractivity contribution >= 4 is 44.2 Å². The molecule has 35 heavy (non-hydrogen) atoms. The van der Waals surface area contributed by atoms with Crippen LogP contribution in [0.4, 0.5) is 0 Å². The molecule has 0 radical (unpaired) electrons. The van der Waals surface area contributed by atoms with Gasteiger partial charge in [0.25, 0.3) is 0 Å². The van der Waals surface area contributed by atoms with Crippen LogP contribution in [0, 0.1) is 0 Å². The molecule has 1 aromatic heterocycles. The van der Waals surface area contributed by atoms with Gasteiger partial charge in [-0.1, -0.05) is 116 Å². The monoisotopic (exact) mass is 451 g/mol. The minimum absolute atomic E-state index is 1.04. The lowest BCUT2D eigenvalue weighted by Crippen LogP contribution is -1.98. The van der Waals surface area contributed by atoms with E-state index in [1.54, 1.807) is 0 Å². The molecule has 0 fully saturated rings. The Morgan fingerprint density at radius 1 is 0.629 bits per heavy atom. The van der Waals surface area contributed by atoms with Gasteiger partial charge in [0, 0.05) is 28.2 Å². The van der Waals surface area contributed by atoms with Gasteiger partial charge in [0.15, 0.2) is 0 Å². The number of nitrogens with zero attached hydrogens (tertiary/aromatic N) is 1. The van der Waals surface area contributed by atoms with Gasteiger partial charge in [-0.2, -0.15) is 0 Å². The average Bonchev–Trinajstić information content (AvgIpc) is 3.25. The van der Waals surface area contributed by atoms with Gasteiger partial charge in [0.2, 0.25) is 0 Å². The molecule has 1 heteroatoms. The second-order valence-corrected chi connectivity index (χ2v) is 9.22. The standard InChI is InChI=1S/C34H29N/c1-2-3-22-35-33-21-13-12-19-29(33)32-24-27(28-18-10-11-20-30(28)34(32)35)23-31(25-14-6-4-7-15-25)26-16-8-5-9-17-26/h4-21,23-24H,2-3,22H2,1H3. The number of para-hydroxylation sites is 1. The molecule has 5 aromatic carbocycles. The molecule has 0 aliphatic heterocycles. The SMILES string of the molecule is CCCCn1c2ccccc2c2cc(C=C(c3ccccc3)c3ccccc3)c3ccccc3c21. The Balaban J connectivity index is 1.70. The third-order valence-electron chi connectivity index (χ3n) is 7.01. The van der Waals surface area contributed by atoms with Crippen molar-refractivity contribution in [3.63, 3.8) is 0 Å². The van der Waals surface area contributed by atoms with E-state index < -0.39 is 0 Å². The minimum Gasteiger partial charge on any atom is -0.340 e. The van der Waals surface area contributed by atoms with Crippen LogP contribution in [0.2, 0.25) is 0 Å². The summed E-state index contributed by atoms with van der Waals surface area (Å²) in [6, 6.07) is 41.6. The molecule has 0 amide bonds. The lowest BCUT2D eigenvalue weighted by atomic mass is 9.93. The number of benzene rings is 5. The lowest BCUT2D eigenvalue weighted by molar-refractivity contribution is 0.666. The summed E-state index contributed by atoms with van der Waals surface area (Å²) in [5.41, 5.74) is 7.64. The molecule has 6 aromatic rings. The largest absolute Gasteiger partial charge is 0.340 e. The van der Waals surface area contributed by atoms with Gasteiger partial charge < -0.3 is 4.57 Å². The fraction of sp³-hybridized carbons (Fsp3) is 0.118. The third kappa shape index (κ3) is 3.84. The second kappa shape index (κ2) is 9.27. The first-order valence-electron chi connectivity index (χ1n) is 12.6. The molecule has 0 saturated carbocycles. The molecule has 0 bridgehead atoms. The highest BCUT2D eigenvalue weighted by atomic mass is 15.0. The summed E-state index contributed by atoms with van der Waals surface area (Å²) in [6.45, 7) is 3.31. The zero-order valence-electron chi connectivity index (χ0n) is 20.1. The van der Waals surface area contributed by atoms with Crippen LogP contribution in [0.1, 0.15) is 36.5 Å². The maximum atomic E-state index is 2.54. The van der Waals surface area contributed by atoms with Crippen LogP contribution < -0.4 is 0 Å². The Kier molecular flexibility index (Phi) is 5.68. The van der Waals surface area contributed by atoms with E-state index in [1.807, 2.05) is 0 Å². The summed E-state index contributed by atoms with van der Waals surface area (Å²) < 4.78 is 2.54. The zero-order valence-corrected chi connectivity index (χ0v) is 20.1. The molecule has 0 N–H and O–H groups in total. The average molecular weight is 452 g/mol. The number of fused-ring (bicyclic) bond motifs is 5. The predicted octanol–water partition coefficient (Wildman–Crippen LogP) is 9.34. The van der Waals surface area contributed by atoms with E-state index in [9.17, 15) is 0 Å². The molecule has 6 rings (SSSR count). The summed E-state index contributed by atoms with van der Waals surface area (Å²) in [5, 5.41) is 5.29. The molecule has 1 heterocycles. The number of hydrogen-bond acceptors (Lipinski definition) is 0. The van der Waals surface area contributed by atoms with Gasteiger partial charge in [-0.05, 0) is 52.3 Å². The van der Waals surface area contributed by atoms with Crippen LogP contribution in [0.15, 0.2) is 115 Å². The highest BCUT2D eigenvalue weighted by Gasteiger charge is 2.16. The number of aromatic nitrogens is 1. The van der Waals surface area contributed by atoms with E-state index in [0.717, 1.165) is 6.54 Å². The van der Waals surface area contributed by atoms with Crippen molar-refractivity contribution in [1.29, 1.82) is 0 Å². The van der Waals surface area contributed by atoms with Crippen molar-refractivity contribution < 1.29 is 0 Å². The maximum Gasteiger partial charge on any atom is 0.0571 e. The fourth-order valence-corrected chi connectivity index (χ4v) is 5.33. The first-order chi connectivity index (χ1) is 17.3. The molecule has 0 spiro atoms. The first kappa shape index (κ1) is 21.4. The smallest absolute Gasteiger partial charge is 0.0571 e. The van der Waals surface area contributed by atoms with E-state index in [1.165, 1.54) is 67.7 Å². The quantitative estimate of drug-likeness (QED) is 0.222. The van der Waals surface area contributed by atoms with Gasteiger partial charge in [-0.3, -0.25) is 0 Å². The van der Waals surface area contributed by atoms with Gasteiger partial charge >= 0.3 is 0 Å². The molecule has 0 aliphatic rings. The highest BCUT2D eigenvalue weighted by Crippen LogP contribution is 2.38. The first-order valence-corrected chi connectivity index (χ1v) is 12.6. The molecule has 0 atom stereocenters. The number of unbranched alkanes of at least 4 members (excludes halogenated alkanes) is 1. The summed E-state index contributed by atoms with van der Waals surface area (Å²) in [5.74, 6) is 0. The molecule has 0 unspecified atom stereocenters. The Bertz CT molecular complexity index is 1610. The van der Waals surface area contributed by atoms with E-state index in [0.29, 0.717) is 0 Å². The Morgan fingerprint density at radius 3 is 1.86 bits per heavy atom. The minimum atomic E-state index is 1.04. The fourth-order valence-electron chi connectivity index (χ4n) is 5.33. The van der Waals surface area contributed by atoms with Crippen LogP contribution in [0.3, 0.4) is 0 Å². The Labute approximate surface area is 207 Å². The summed E-state index contributed by atoms with van der Waals surface area (Å²) in [4.78, 5) is 0. The number of aryl methyl sites for hydroxylation is 1. The van der Waals surface area contributed by atoms with Gasteiger partial charge in [-0.25, -0.2) is 0 Å². The summed E-state index contributed by atoms with van der Waals surface area (Å²) >= 11 is 0. The van der Waals surface area contributed by atoms with Crippen molar-refractivity contribution in [2.75, 3.05) is 0 Å². The molecular weight excluding hydrogens is 422 g/mol. The van der Waals surface area contributed by atoms with Crippen molar-refractivity contribution in [1.82, 2.24) is 4.57 Å². The van der Waals surface area contributed by atoms with Gasteiger partial charge in [0.1, 0.15) is 0 Å². The third-order valence-corrected chi connectivity index (χ3v) is 7.01. The molecule has 170 valence electrons. The number of hydrogen-bond donors (Lipinski definition) is 0. The summed E-state index contributed by atoms with van der Waals surface area (Å²) in [7, 11) is 0. The van der Waals surface area contributed by atoms with Gasteiger partial charge in [0.05, 0.1) is 5.52 Å². The van der Waals surface area contributed by atoms with Crippen LogP contribution in [-0.2, 0) is 6.54 Å². The van der Waals surface area contributed by atoms with Crippen LogP contribution in [0.25, 0.3) is 44.2 Å². The Hall–Kier alpha value is -4.10. The molecule has 1 nitrogen and oxygen atoms in total. The second-order valence-electron chi connectivity index (χ2n) is 9.22. The summed E-state index contributed by atoms with van der Waals surface area (Å²) in [6.07, 6.45) is 4.74. The zero-order chi connectivity index (χ0) is 23.6. The van der Waals surface area contributed by atoms with Gasteiger partial charge in [-0.15, -0.1) is 0 Å². The van der Waals surface area contributed by atoms with Crippen molar-refractivity contribution in [2.45, 2.75) is 26.3 Å². The lowest BCUT2D eigenvalue weighted by Gasteiger charge is -2.13. The van der Waals surface area contributed by atoms with E-state index in [2.05, 4.69) is 133 Å². The van der Waals surface area contributed by atoms with Crippen LogP contribution in [-0.4, -0.2) is 4.57 Å². The van der Waals surface area contributed by atoms with E-state index in [4.69, 9.17) is 0 Å². The van der Waals surface area contributed by atoms with Crippen molar-refractivity contribution in [3.8, 4) is 0 Å². The topological polar surface area (TPSA) is 4.93 Å². The number of rotatable bonds is 6. The van der Waals surface area contributed by atoms with E-state index >= 15 is 0 Å². The molecule has 0 aliphatic carbocycles. The van der Waals surface area contributed by atoms with Crippen LogP contribution in [0.5, 0.6) is 0 Å². The molecule has 0 saturated heterocycles. The van der Waals surface area contributed by atoms with Crippen molar-refractivity contribution in [2.24, 2.45) is 0 Å².